The number of aromatic nitrogens is 1. The van der Waals surface area contributed by atoms with Crippen LogP contribution in [0.2, 0.25) is 0 Å². The standard InChI is InChI=1S/C25H32N4O4S/c1-33-20-4-7-24-22(16-20)23(17-28-24)19-9-13-29(14-10-19)15-11-25(30)27-12-8-18-2-5-21(6-3-18)34(26,31)32/h2-7,16-17,19,28H,8-15H2,1H3,(H,27,30)(H2,26,31,32). The summed E-state index contributed by atoms with van der Waals surface area (Å²) < 4.78 is 28.0. The van der Waals surface area contributed by atoms with Crippen molar-refractivity contribution in [2.75, 3.05) is 33.3 Å². The third-order valence-electron chi connectivity index (χ3n) is 6.59. The van der Waals surface area contributed by atoms with Gasteiger partial charge < -0.3 is 19.9 Å². The lowest BCUT2D eigenvalue weighted by atomic mass is 9.89. The molecular formula is C25H32N4O4S. The Bertz CT molecular complexity index is 1230. The van der Waals surface area contributed by atoms with E-state index < -0.39 is 10.0 Å². The number of nitrogens with two attached hydrogens (primary N) is 1. The number of primary sulfonamides is 1. The van der Waals surface area contributed by atoms with Crippen molar-refractivity contribution in [1.29, 1.82) is 0 Å². The number of methoxy groups -OCH3 is 1. The van der Waals surface area contributed by atoms with E-state index in [0.29, 0.717) is 25.3 Å². The van der Waals surface area contributed by atoms with E-state index in [2.05, 4.69) is 33.5 Å². The van der Waals surface area contributed by atoms with Gasteiger partial charge in [0.05, 0.1) is 12.0 Å². The minimum absolute atomic E-state index is 0.0343. The second-order valence-corrected chi connectivity index (χ2v) is 10.4. The molecule has 0 saturated carbocycles. The van der Waals surface area contributed by atoms with Crippen molar-refractivity contribution in [3.05, 3.63) is 59.8 Å². The molecule has 0 spiro atoms. The lowest BCUT2D eigenvalue weighted by Crippen LogP contribution is -2.36. The number of hydrogen-bond donors (Lipinski definition) is 3. The zero-order valence-electron chi connectivity index (χ0n) is 19.4. The van der Waals surface area contributed by atoms with E-state index in [9.17, 15) is 13.2 Å². The van der Waals surface area contributed by atoms with Crippen LogP contribution in [-0.4, -0.2) is 57.5 Å². The molecule has 2 heterocycles. The molecule has 8 nitrogen and oxygen atoms in total. The summed E-state index contributed by atoms with van der Waals surface area (Å²) in [5.74, 6) is 1.41. The van der Waals surface area contributed by atoms with Crippen molar-refractivity contribution >= 4 is 26.8 Å². The molecule has 4 N–H and O–H groups in total. The molecule has 2 aromatic carbocycles. The number of sulfonamides is 1. The van der Waals surface area contributed by atoms with Gasteiger partial charge in [-0.05, 0) is 79.7 Å². The number of likely N-dealkylation sites (tertiary alicyclic amines) is 1. The second kappa shape index (κ2) is 10.6. The lowest BCUT2D eigenvalue weighted by molar-refractivity contribution is -0.121. The second-order valence-electron chi connectivity index (χ2n) is 8.81. The number of carbonyl (C=O) groups is 1. The Labute approximate surface area is 200 Å². The van der Waals surface area contributed by atoms with E-state index in [-0.39, 0.29) is 10.8 Å². The van der Waals surface area contributed by atoms with Gasteiger partial charge in [0.25, 0.3) is 0 Å². The molecule has 0 radical (unpaired) electrons. The van der Waals surface area contributed by atoms with Gasteiger partial charge in [-0.25, -0.2) is 13.6 Å². The molecule has 1 amide bonds. The third-order valence-corrected chi connectivity index (χ3v) is 7.52. The molecular weight excluding hydrogens is 452 g/mol. The summed E-state index contributed by atoms with van der Waals surface area (Å²) in [6.07, 6.45) is 5.37. The highest BCUT2D eigenvalue weighted by atomic mass is 32.2. The normalized spacial score (nSPS) is 15.5. The van der Waals surface area contributed by atoms with Crippen LogP contribution < -0.4 is 15.2 Å². The number of nitrogens with zero attached hydrogens (tertiary/aromatic N) is 1. The first-order valence-electron chi connectivity index (χ1n) is 11.6. The summed E-state index contributed by atoms with van der Waals surface area (Å²) >= 11 is 0. The minimum atomic E-state index is -3.68. The number of piperidine rings is 1. The molecule has 0 unspecified atom stereocenters. The third kappa shape index (κ3) is 5.97. The first-order chi connectivity index (χ1) is 16.3. The van der Waals surface area contributed by atoms with Gasteiger partial charge in [-0.1, -0.05) is 12.1 Å². The van der Waals surface area contributed by atoms with Crippen LogP contribution >= 0.6 is 0 Å². The summed E-state index contributed by atoms with van der Waals surface area (Å²) in [5.41, 5.74) is 3.43. The Balaban J connectivity index is 1.18. The Morgan fingerprint density at radius 2 is 1.91 bits per heavy atom. The summed E-state index contributed by atoms with van der Waals surface area (Å²) in [4.78, 5) is 18.1. The number of rotatable bonds is 9. The molecule has 0 atom stereocenters. The number of carbonyl (C=O) groups excluding carboxylic acids is 1. The largest absolute Gasteiger partial charge is 0.497 e. The minimum Gasteiger partial charge on any atom is -0.497 e. The Hall–Kier alpha value is -2.88. The highest BCUT2D eigenvalue weighted by Crippen LogP contribution is 2.34. The van der Waals surface area contributed by atoms with E-state index in [1.165, 1.54) is 23.1 Å². The summed E-state index contributed by atoms with van der Waals surface area (Å²) in [7, 11) is -1.99. The number of benzene rings is 2. The number of nitrogens with one attached hydrogen (secondary N) is 2. The van der Waals surface area contributed by atoms with Crippen LogP contribution in [0.25, 0.3) is 10.9 Å². The highest BCUT2D eigenvalue weighted by Gasteiger charge is 2.23. The van der Waals surface area contributed by atoms with Gasteiger partial charge in [0.15, 0.2) is 0 Å². The van der Waals surface area contributed by atoms with Crippen LogP contribution in [0, 0.1) is 0 Å². The number of amides is 1. The predicted octanol–water partition coefficient (Wildman–Crippen LogP) is 2.75. The van der Waals surface area contributed by atoms with Gasteiger partial charge in [0.2, 0.25) is 15.9 Å². The molecule has 4 rings (SSSR count). The molecule has 182 valence electrons. The molecule has 1 aromatic heterocycles. The first-order valence-corrected chi connectivity index (χ1v) is 13.1. The molecule has 1 fully saturated rings. The maximum atomic E-state index is 12.3. The fraction of sp³-hybridized carbons (Fsp3) is 0.400. The van der Waals surface area contributed by atoms with Gasteiger partial charge >= 0.3 is 0 Å². The summed E-state index contributed by atoms with van der Waals surface area (Å²) in [6.45, 7) is 3.22. The first kappa shape index (κ1) is 24.3. The Morgan fingerprint density at radius 3 is 2.59 bits per heavy atom. The topological polar surface area (TPSA) is 118 Å². The van der Waals surface area contributed by atoms with E-state index in [4.69, 9.17) is 9.88 Å². The fourth-order valence-electron chi connectivity index (χ4n) is 4.59. The fourth-order valence-corrected chi connectivity index (χ4v) is 5.11. The highest BCUT2D eigenvalue weighted by molar-refractivity contribution is 7.89. The van der Waals surface area contributed by atoms with Crippen molar-refractivity contribution < 1.29 is 17.9 Å². The molecule has 34 heavy (non-hydrogen) atoms. The average molecular weight is 485 g/mol. The van der Waals surface area contributed by atoms with Crippen LogP contribution in [0.4, 0.5) is 0 Å². The number of hydrogen-bond acceptors (Lipinski definition) is 5. The van der Waals surface area contributed by atoms with E-state index in [1.807, 2.05) is 6.07 Å². The van der Waals surface area contributed by atoms with E-state index in [1.54, 1.807) is 19.2 Å². The summed E-state index contributed by atoms with van der Waals surface area (Å²) in [5, 5.41) is 9.30. The van der Waals surface area contributed by atoms with E-state index >= 15 is 0 Å². The smallest absolute Gasteiger partial charge is 0.238 e. The molecule has 0 bridgehead atoms. The molecule has 1 aliphatic heterocycles. The number of H-pyrrole nitrogens is 1. The predicted molar refractivity (Wildman–Crippen MR) is 132 cm³/mol. The zero-order chi connectivity index (χ0) is 24.1. The molecule has 0 aliphatic carbocycles. The molecule has 1 aliphatic rings. The number of fused-ring (bicyclic) bond motifs is 1. The van der Waals surface area contributed by atoms with Gasteiger partial charge in [0, 0.05) is 36.6 Å². The van der Waals surface area contributed by atoms with Crippen LogP contribution in [0.5, 0.6) is 5.75 Å². The number of ether oxygens (including phenoxy) is 1. The van der Waals surface area contributed by atoms with Crippen molar-refractivity contribution in [1.82, 2.24) is 15.2 Å². The Kier molecular flexibility index (Phi) is 7.55. The summed E-state index contributed by atoms with van der Waals surface area (Å²) in [6, 6.07) is 12.6. The van der Waals surface area contributed by atoms with Crippen LogP contribution in [0.1, 0.15) is 36.3 Å². The SMILES string of the molecule is COc1ccc2[nH]cc(C3CCN(CCC(=O)NCCc4ccc(S(N)(=O)=O)cc4)CC3)c2c1. The van der Waals surface area contributed by atoms with Crippen molar-refractivity contribution in [2.45, 2.75) is 36.5 Å². The molecule has 3 aromatic rings. The van der Waals surface area contributed by atoms with Gasteiger partial charge in [-0.3, -0.25) is 4.79 Å². The molecule has 9 heteroatoms. The van der Waals surface area contributed by atoms with Gasteiger partial charge in [-0.2, -0.15) is 0 Å². The number of aromatic amines is 1. The Morgan fingerprint density at radius 1 is 1.18 bits per heavy atom. The maximum absolute atomic E-state index is 12.3. The molecule has 1 saturated heterocycles. The monoisotopic (exact) mass is 484 g/mol. The average Bonchev–Trinajstić information content (AvgIpc) is 3.26. The van der Waals surface area contributed by atoms with Gasteiger partial charge in [0.1, 0.15) is 5.75 Å². The van der Waals surface area contributed by atoms with Gasteiger partial charge in [-0.15, -0.1) is 0 Å². The lowest BCUT2D eigenvalue weighted by Gasteiger charge is -2.31. The van der Waals surface area contributed by atoms with Crippen LogP contribution in [-0.2, 0) is 21.2 Å². The van der Waals surface area contributed by atoms with Crippen LogP contribution in [0.15, 0.2) is 53.6 Å². The van der Waals surface area contributed by atoms with Crippen LogP contribution in [0.3, 0.4) is 0 Å². The van der Waals surface area contributed by atoms with Crippen molar-refractivity contribution in [2.24, 2.45) is 5.14 Å². The quantitative estimate of drug-likeness (QED) is 0.432. The van der Waals surface area contributed by atoms with Crippen molar-refractivity contribution in [3.8, 4) is 5.75 Å². The maximum Gasteiger partial charge on any atom is 0.238 e. The van der Waals surface area contributed by atoms with E-state index in [0.717, 1.165) is 49.3 Å². The zero-order valence-corrected chi connectivity index (χ0v) is 20.2. The van der Waals surface area contributed by atoms with Crippen molar-refractivity contribution in [3.63, 3.8) is 0 Å².